The number of hydrogen-bond acceptors (Lipinski definition) is 4. The Kier molecular flexibility index (Phi) is 3.24. The Morgan fingerprint density at radius 3 is 2.50 bits per heavy atom. The summed E-state index contributed by atoms with van der Waals surface area (Å²) in [5, 5.41) is 0. The van der Waals surface area contributed by atoms with Gasteiger partial charge in [0.2, 0.25) is 5.88 Å². The topological polar surface area (TPSA) is 83.7 Å². The number of nitrogens with one attached hydrogen (secondary N) is 2. The lowest BCUT2D eigenvalue weighted by molar-refractivity contribution is 0.0722. The van der Waals surface area contributed by atoms with E-state index in [0.29, 0.717) is 11.6 Å². The van der Waals surface area contributed by atoms with Gasteiger partial charge in [0.15, 0.2) is 0 Å². The Labute approximate surface area is 85.1 Å². The number of carbonyl (C=O) groups excluding carboxylic acids is 1. The first kappa shape index (κ1) is 10.3. The third kappa shape index (κ3) is 2.11. The van der Waals surface area contributed by atoms with E-state index in [0.717, 1.165) is 0 Å². The zero-order chi connectivity index (χ0) is 9.10. The highest BCUT2D eigenvalue weighted by atomic mass is 35.5. The van der Waals surface area contributed by atoms with Crippen molar-refractivity contribution in [1.82, 2.24) is 19.9 Å². The van der Waals surface area contributed by atoms with E-state index in [9.17, 15) is 4.79 Å². The fraction of sp³-hybridized carbons (Fsp3) is 0. The monoisotopic (exact) mass is 214 g/mol. The molecule has 0 unspecified atom stereocenters. The van der Waals surface area contributed by atoms with Gasteiger partial charge in [-0.3, -0.25) is 0 Å². The number of rotatable bonds is 2. The molecule has 0 aliphatic heterocycles. The maximum Gasteiger partial charge on any atom is 0.363 e. The predicted molar refractivity (Wildman–Crippen MR) is 49.4 cm³/mol. The number of aromatic amines is 2. The summed E-state index contributed by atoms with van der Waals surface area (Å²) in [7, 11) is 0. The van der Waals surface area contributed by atoms with E-state index in [1.165, 1.54) is 25.0 Å². The number of halogens is 1. The lowest BCUT2D eigenvalue weighted by atomic mass is 10.5. The molecule has 2 N–H and O–H groups in total. The molecule has 0 fully saturated rings. The zero-order valence-corrected chi connectivity index (χ0v) is 7.75. The summed E-state index contributed by atoms with van der Waals surface area (Å²) < 4.78 is 4.87. The fourth-order valence-corrected chi connectivity index (χ4v) is 0.821. The summed E-state index contributed by atoms with van der Waals surface area (Å²) in [6.07, 6.45) is 5.63. The molecule has 0 aromatic carbocycles. The van der Waals surface area contributed by atoms with Gasteiger partial charge in [-0.25, -0.2) is 14.8 Å². The van der Waals surface area contributed by atoms with Crippen LogP contribution in [0, 0.1) is 0 Å². The summed E-state index contributed by atoms with van der Waals surface area (Å²) in [4.78, 5) is 23.9. The van der Waals surface area contributed by atoms with Crippen molar-refractivity contribution in [1.29, 1.82) is 0 Å². The van der Waals surface area contributed by atoms with Gasteiger partial charge >= 0.3 is 5.97 Å². The number of hydrogen-bond donors (Lipinski definition) is 2. The van der Waals surface area contributed by atoms with E-state index >= 15 is 0 Å². The van der Waals surface area contributed by atoms with Gasteiger partial charge in [0, 0.05) is 0 Å². The molecule has 0 aliphatic rings. The van der Waals surface area contributed by atoms with Crippen molar-refractivity contribution in [3.8, 4) is 5.88 Å². The molecule has 7 heteroatoms. The number of H-pyrrole nitrogens is 2. The van der Waals surface area contributed by atoms with Crippen LogP contribution in [0.1, 0.15) is 10.5 Å². The Balaban J connectivity index is 0.000000980. The lowest BCUT2D eigenvalue weighted by Gasteiger charge is -1.96. The molecule has 0 saturated heterocycles. The van der Waals surface area contributed by atoms with Crippen molar-refractivity contribution in [2.45, 2.75) is 0 Å². The Bertz CT molecular complexity index is 384. The third-order valence-electron chi connectivity index (χ3n) is 1.39. The highest BCUT2D eigenvalue weighted by Crippen LogP contribution is 2.04. The van der Waals surface area contributed by atoms with Crippen LogP contribution < -0.4 is 4.74 Å². The first-order chi connectivity index (χ1) is 6.36. The minimum Gasteiger partial charge on any atom is -0.403 e. The number of nitrogens with zero attached hydrogens (tertiary/aromatic N) is 2. The molecule has 2 heterocycles. The van der Waals surface area contributed by atoms with Crippen LogP contribution >= 0.6 is 12.4 Å². The second-order valence-electron chi connectivity index (χ2n) is 2.27. The summed E-state index contributed by atoms with van der Waals surface area (Å²) in [6.45, 7) is 0. The zero-order valence-electron chi connectivity index (χ0n) is 6.93. The average Bonchev–Trinajstić information content (AvgIpc) is 2.74. The van der Waals surface area contributed by atoms with E-state index < -0.39 is 5.97 Å². The van der Waals surface area contributed by atoms with E-state index in [-0.39, 0.29) is 12.4 Å². The smallest absolute Gasteiger partial charge is 0.363 e. The van der Waals surface area contributed by atoms with Crippen molar-refractivity contribution in [2.75, 3.05) is 0 Å². The largest absolute Gasteiger partial charge is 0.403 e. The maximum absolute atomic E-state index is 11.2. The SMILES string of the molecule is Cl.O=C(Oc1cnc[nH]1)c1cnc[nH]1. The molecule has 0 aliphatic carbocycles. The van der Waals surface area contributed by atoms with Crippen LogP contribution in [0.15, 0.2) is 25.0 Å². The van der Waals surface area contributed by atoms with Gasteiger partial charge in [-0.15, -0.1) is 12.4 Å². The second-order valence-corrected chi connectivity index (χ2v) is 2.27. The first-order valence-electron chi connectivity index (χ1n) is 3.55. The number of carbonyl (C=O) groups is 1. The van der Waals surface area contributed by atoms with Crippen LogP contribution in [-0.4, -0.2) is 25.9 Å². The number of aromatic nitrogens is 4. The Morgan fingerprint density at radius 1 is 1.21 bits per heavy atom. The van der Waals surface area contributed by atoms with E-state index in [2.05, 4.69) is 19.9 Å². The molecule has 0 atom stereocenters. The highest BCUT2D eigenvalue weighted by molar-refractivity contribution is 5.88. The molecular weight excluding hydrogens is 208 g/mol. The van der Waals surface area contributed by atoms with Crippen LogP contribution in [0.2, 0.25) is 0 Å². The standard InChI is InChI=1S/C7H6N4O2.ClH/c12-7(5-1-8-3-10-5)13-6-2-9-4-11-6;/h1-4H,(H,8,10)(H,9,11);1H. The van der Waals surface area contributed by atoms with Crippen molar-refractivity contribution >= 4 is 18.4 Å². The normalized spacial score (nSPS) is 9.14. The van der Waals surface area contributed by atoms with E-state index in [4.69, 9.17) is 4.74 Å². The quantitative estimate of drug-likeness (QED) is 0.724. The summed E-state index contributed by atoms with van der Waals surface area (Å²) in [5.74, 6) is -0.193. The van der Waals surface area contributed by atoms with Gasteiger partial charge in [0.05, 0.1) is 25.0 Å². The molecule has 0 amide bonds. The summed E-state index contributed by atoms with van der Waals surface area (Å²) in [5.41, 5.74) is 0.301. The molecule has 2 rings (SSSR count). The third-order valence-corrected chi connectivity index (χ3v) is 1.39. The molecule has 14 heavy (non-hydrogen) atoms. The fourth-order valence-electron chi connectivity index (χ4n) is 0.821. The van der Waals surface area contributed by atoms with Gasteiger partial charge < -0.3 is 14.7 Å². The predicted octanol–water partition coefficient (Wildman–Crippen LogP) is 0.774. The van der Waals surface area contributed by atoms with Gasteiger partial charge in [-0.1, -0.05) is 0 Å². The van der Waals surface area contributed by atoms with Crippen molar-refractivity contribution in [3.63, 3.8) is 0 Å². The minimum absolute atomic E-state index is 0. The van der Waals surface area contributed by atoms with Crippen LogP contribution in [0.3, 0.4) is 0 Å². The molecule has 2 aromatic rings. The van der Waals surface area contributed by atoms with Crippen molar-refractivity contribution in [2.24, 2.45) is 0 Å². The lowest BCUT2D eigenvalue weighted by Crippen LogP contribution is -2.08. The minimum atomic E-state index is -0.498. The van der Waals surface area contributed by atoms with Crippen LogP contribution in [-0.2, 0) is 0 Å². The van der Waals surface area contributed by atoms with Crippen LogP contribution in [0.5, 0.6) is 5.88 Å². The van der Waals surface area contributed by atoms with Crippen LogP contribution in [0.25, 0.3) is 0 Å². The Morgan fingerprint density at radius 2 is 1.93 bits per heavy atom. The van der Waals surface area contributed by atoms with Gasteiger partial charge in [0.25, 0.3) is 0 Å². The van der Waals surface area contributed by atoms with Gasteiger partial charge in [-0.2, -0.15) is 0 Å². The Hall–Kier alpha value is -1.82. The first-order valence-corrected chi connectivity index (χ1v) is 3.55. The second kappa shape index (κ2) is 4.43. The highest BCUT2D eigenvalue weighted by Gasteiger charge is 2.09. The summed E-state index contributed by atoms with van der Waals surface area (Å²) >= 11 is 0. The number of esters is 1. The molecule has 0 bridgehead atoms. The van der Waals surface area contributed by atoms with Gasteiger partial charge in [-0.05, 0) is 0 Å². The van der Waals surface area contributed by atoms with E-state index in [1.54, 1.807) is 0 Å². The number of ether oxygens (including phenoxy) is 1. The van der Waals surface area contributed by atoms with Crippen LogP contribution in [0.4, 0.5) is 0 Å². The molecule has 0 saturated carbocycles. The molecule has 74 valence electrons. The molecule has 6 nitrogen and oxygen atoms in total. The average molecular weight is 215 g/mol. The molecule has 2 aromatic heterocycles. The van der Waals surface area contributed by atoms with Crippen molar-refractivity contribution in [3.05, 3.63) is 30.7 Å². The number of imidazole rings is 2. The molecule has 0 spiro atoms. The van der Waals surface area contributed by atoms with Gasteiger partial charge in [0.1, 0.15) is 5.69 Å². The molecular formula is C7H7ClN4O2. The molecule has 0 radical (unpaired) electrons. The van der Waals surface area contributed by atoms with E-state index in [1.807, 2.05) is 0 Å². The maximum atomic E-state index is 11.2. The summed E-state index contributed by atoms with van der Waals surface area (Å²) in [6, 6.07) is 0. The van der Waals surface area contributed by atoms with Crippen molar-refractivity contribution < 1.29 is 9.53 Å².